The van der Waals surface area contributed by atoms with E-state index in [4.69, 9.17) is 20.6 Å². The summed E-state index contributed by atoms with van der Waals surface area (Å²) in [6.07, 6.45) is 0. The van der Waals surface area contributed by atoms with Crippen molar-refractivity contribution >= 4 is 30.0 Å². The van der Waals surface area contributed by atoms with Gasteiger partial charge in [0.15, 0.2) is 0 Å². The van der Waals surface area contributed by atoms with Gasteiger partial charge in [0.05, 0.1) is 24.0 Å². The Balaban J connectivity index is 2.78. The first-order valence-corrected chi connectivity index (χ1v) is 8.95. The van der Waals surface area contributed by atoms with Crippen LogP contribution in [-0.2, 0) is 24.4 Å². The fourth-order valence-corrected chi connectivity index (χ4v) is 5.08. The zero-order valence-corrected chi connectivity index (χ0v) is 12.8. The van der Waals surface area contributed by atoms with E-state index in [9.17, 15) is 8.77 Å². The molecule has 0 aliphatic heterocycles. The Labute approximate surface area is 115 Å². The second-order valence-electron chi connectivity index (χ2n) is 3.37. The molecule has 0 fully saturated rings. The van der Waals surface area contributed by atoms with E-state index in [0.717, 1.165) is 0 Å². The predicted molar refractivity (Wildman–Crippen MR) is 73.6 cm³/mol. The van der Waals surface area contributed by atoms with Crippen LogP contribution in [0.1, 0.15) is 13.8 Å². The lowest BCUT2D eigenvalue weighted by Gasteiger charge is -2.16. The molecule has 1 aromatic carbocycles. The van der Waals surface area contributed by atoms with Gasteiger partial charge in [0.2, 0.25) is 0 Å². The summed E-state index contributed by atoms with van der Waals surface area (Å²) in [7, 11) is -4.72. The van der Waals surface area contributed by atoms with Crippen molar-refractivity contribution in [3.63, 3.8) is 0 Å². The molecule has 0 spiro atoms. The van der Waals surface area contributed by atoms with Gasteiger partial charge in [-0.25, -0.2) is 0 Å². The molecule has 0 radical (unpaired) electrons. The number of rotatable bonds is 7. The minimum absolute atomic E-state index is 0.143. The van der Waals surface area contributed by atoms with Crippen molar-refractivity contribution in [2.75, 3.05) is 18.7 Å². The van der Waals surface area contributed by atoms with Crippen LogP contribution < -0.4 is 0 Å². The lowest BCUT2D eigenvalue weighted by Crippen LogP contribution is -2.05. The molecule has 1 rings (SSSR count). The van der Waals surface area contributed by atoms with Crippen LogP contribution in [0, 0.1) is 0 Å². The van der Waals surface area contributed by atoms with Crippen molar-refractivity contribution in [2.24, 2.45) is 0 Å². The number of halogens is 1. The van der Waals surface area contributed by atoms with Crippen molar-refractivity contribution < 1.29 is 17.8 Å². The van der Waals surface area contributed by atoms with E-state index in [2.05, 4.69) is 0 Å². The van der Waals surface area contributed by atoms with Crippen LogP contribution in [0.25, 0.3) is 0 Å². The van der Waals surface area contributed by atoms with Crippen molar-refractivity contribution in [2.45, 2.75) is 18.7 Å². The summed E-state index contributed by atoms with van der Waals surface area (Å²) >= 11 is 5.75. The summed E-state index contributed by atoms with van der Waals surface area (Å²) < 4.78 is 34.5. The van der Waals surface area contributed by atoms with Crippen LogP contribution in [0.2, 0.25) is 5.02 Å². The van der Waals surface area contributed by atoms with E-state index in [1.165, 1.54) is 0 Å². The number of hydrogen-bond acceptors (Lipinski definition) is 4. The minimum Gasteiger partial charge on any atom is -0.308 e. The van der Waals surface area contributed by atoms with Gasteiger partial charge in [-0.1, -0.05) is 11.6 Å². The van der Waals surface area contributed by atoms with Crippen LogP contribution in [0.4, 0.5) is 0 Å². The third kappa shape index (κ3) is 4.82. The smallest absolute Gasteiger partial charge is 0.308 e. The fourth-order valence-electron chi connectivity index (χ4n) is 1.31. The van der Waals surface area contributed by atoms with E-state index in [0.29, 0.717) is 9.92 Å². The Hall–Kier alpha value is -0.190. The van der Waals surface area contributed by atoms with Crippen LogP contribution in [-0.4, -0.2) is 22.9 Å². The molecule has 4 nitrogen and oxygen atoms in total. The zero-order chi connectivity index (χ0) is 13.6. The van der Waals surface area contributed by atoms with Crippen molar-refractivity contribution in [1.29, 1.82) is 0 Å². The van der Waals surface area contributed by atoms with Crippen molar-refractivity contribution in [3.8, 4) is 0 Å². The molecule has 0 aliphatic rings. The van der Waals surface area contributed by atoms with Crippen LogP contribution in [0.5, 0.6) is 0 Å². The standard InChI is InChI=1S/C11H16ClO4PS/c1-3-15-17(13,16-4-2)9-18(14)11-7-5-10(12)6-8-11/h5-8H,3-4,9H2,1-2H3. The van der Waals surface area contributed by atoms with E-state index < -0.39 is 18.4 Å². The molecule has 1 unspecified atom stereocenters. The lowest BCUT2D eigenvalue weighted by atomic mass is 10.4. The summed E-state index contributed by atoms with van der Waals surface area (Å²) in [5, 5.41) is 0.563. The highest BCUT2D eigenvalue weighted by Crippen LogP contribution is 2.49. The first-order valence-electron chi connectivity index (χ1n) is 5.53. The number of benzene rings is 1. The van der Waals surface area contributed by atoms with Gasteiger partial charge in [0.1, 0.15) is 5.49 Å². The minimum atomic E-state index is -3.29. The first kappa shape index (κ1) is 15.9. The maximum atomic E-state index is 12.2. The van der Waals surface area contributed by atoms with Crippen LogP contribution in [0.15, 0.2) is 29.2 Å². The quantitative estimate of drug-likeness (QED) is 0.721. The lowest BCUT2D eigenvalue weighted by molar-refractivity contribution is 0.224. The Kier molecular flexibility index (Phi) is 6.53. The molecule has 7 heteroatoms. The Morgan fingerprint density at radius 3 is 2.11 bits per heavy atom. The normalized spacial score (nSPS) is 13.5. The maximum Gasteiger partial charge on any atom is 0.343 e. The molecule has 0 heterocycles. The van der Waals surface area contributed by atoms with Gasteiger partial charge in [0, 0.05) is 9.92 Å². The zero-order valence-electron chi connectivity index (χ0n) is 10.3. The first-order chi connectivity index (χ1) is 8.50. The summed E-state index contributed by atoms with van der Waals surface area (Å²) in [5.74, 6) is 0. The van der Waals surface area contributed by atoms with Gasteiger partial charge in [-0.2, -0.15) is 0 Å². The molecule has 0 bridgehead atoms. The number of hydrogen-bond donors (Lipinski definition) is 0. The van der Waals surface area contributed by atoms with Gasteiger partial charge in [-0.3, -0.25) is 8.77 Å². The Morgan fingerprint density at radius 2 is 1.67 bits per heavy atom. The van der Waals surface area contributed by atoms with Gasteiger partial charge in [-0.05, 0) is 38.1 Å². The molecule has 0 amide bonds. The molecule has 18 heavy (non-hydrogen) atoms. The molecule has 0 aromatic heterocycles. The summed E-state index contributed by atoms with van der Waals surface area (Å²) in [6, 6.07) is 6.56. The molecule has 0 saturated carbocycles. The average Bonchev–Trinajstić information content (AvgIpc) is 2.30. The van der Waals surface area contributed by atoms with Crippen LogP contribution >= 0.6 is 19.2 Å². The largest absolute Gasteiger partial charge is 0.343 e. The molecule has 102 valence electrons. The van der Waals surface area contributed by atoms with E-state index in [1.807, 2.05) is 0 Å². The molecule has 0 N–H and O–H groups in total. The molecule has 1 aromatic rings. The highest BCUT2D eigenvalue weighted by Gasteiger charge is 2.27. The highest BCUT2D eigenvalue weighted by atomic mass is 35.5. The monoisotopic (exact) mass is 310 g/mol. The predicted octanol–water partition coefficient (Wildman–Crippen LogP) is 3.67. The van der Waals surface area contributed by atoms with E-state index in [1.54, 1.807) is 38.1 Å². The van der Waals surface area contributed by atoms with Gasteiger partial charge in [-0.15, -0.1) is 0 Å². The molecular formula is C11H16ClO4PS. The molecule has 0 saturated heterocycles. The topological polar surface area (TPSA) is 52.6 Å². The van der Waals surface area contributed by atoms with Crippen molar-refractivity contribution in [1.82, 2.24) is 0 Å². The third-order valence-electron chi connectivity index (χ3n) is 2.00. The third-order valence-corrected chi connectivity index (χ3v) is 6.56. The highest BCUT2D eigenvalue weighted by molar-refractivity contribution is 7.92. The van der Waals surface area contributed by atoms with Gasteiger partial charge >= 0.3 is 7.60 Å². The molecule has 1 atom stereocenters. The SMILES string of the molecule is CCOP(=O)(CS(=O)c1ccc(Cl)cc1)OCC. The van der Waals surface area contributed by atoms with Gasteiger partial charge < -0.3 is 9.05 Å². The van der Waals surface area contributed by atoms with Crippen molar-refractivity contribution in [3.05, 3.63) is 29.3 Å². The molecule has 0 aliphatic carbocycles. The van der Waals surface area contributed by atoms with E-state index >= 15 is 0 Å². The molecular weight excluding hydrogens is 295 g/mol. The fraction of sp³-hybridized carbons (Fsp3) is 0.455. The summed E-state index contributed by atoms with van der Waals surface area (Å²) in [4.78, 5) is 0.555. The van der Waals surface area contributed by atoms with Crippen LogP contribution in [0.3, 0.4) is 0 Å². The maximum absolute atomic E-state index is 12.2. The Morgan fingerprint density at radius 1 is 1.17 bits per heavy atom. The van der Waals surface area contributed by atoms with E-state index in [-0.39, 0.29) is 18.7 Å². The summed E-state index contributed by atoms with van der Waals surface area (Å²) in [5.41, 5.74) is -0.143. The average molecular weight is 311 g/mol. The van der Waals surface area contributed by atoms with Gasteiger partial charge in [0.25, 0.3) is 0 Å². The Bertz CT molecular complexity index is 439. The summed E-state index contributed by atoms with van der Waals surface area (Å²) in [6.45, 7) is 3.96. The second-order valence-corrected chi connectivity index (χ2v) is 7.74. The second kappa shape index (κ2) is 7.41.